The van der Waals surface area contributed by atoms with Crippen LogP contribution in [0.25, 0.3) is 0 Å². The van der Waals surface area contributed by atoms with Crippen LogP contribution in [-0.4, -0.2) is 24.9 Å². The van der Waals surface area contributed by atoms with E-state index in [0.717, 1.165) is 18.0 Å². The number of hydrogen-bond donors (Lipinski definition) is 2. The fourth-order valence-electron chi connectivity index (χ4n) is 1.60. The van der Waals surface area contributed by atoms with Crippen LogP contribution >= 0.6 is 11.3 Å². The lowest BCUT2D eigenvalue weighted by Crippen LogP contribution is -2.32. The van der Waals surface area contributed by atoms with Gasteiger partial charge < -0.3 is 15.2 Å². The van der Waals surface area contributed by atoms with Gasteiger partial charge in [0.1, 0.15) is 0 Å². The number of ether oxygens (including phenoxy) is 1. The molecule has 0 spiro atoms. The van der Waals surface area contributed by atoms with Crippen molar-refractivity contribution in [3.63, 3.8) is 0 Å². The first-order valence-corrected chi connectivity index (χ1v) is 6.44. The van der Waals surface area contributed by atoms with Crippen molar-refractivity contribution in [2.24, 2.45) is 5.92 Å². The summed E-state index contributed by atoms with van der Waals surface area (Å²) in [7, 11) is 1.68. The van der Waals surface area contributed by atoms with Crippen molar-refractivity contribution in [1.82, 2.24) is 5.32 Å². The predicted octanol–water partition coefficient (Wildman–Crippen LogP) is 2.25. The highest BCUT2D eigenvalue weighted by Gasteiger charge is 2.09. The second-order valence-corrected chi connectivity index (χ2v) is 5.45. The third-order valence-corrected chi connectivity index (χ3v) is 3.43. The molecule has 3 nitrogen and oxygen atoms in total. The Kier molecular flexibility index (Phi) is 5.80. The van der Waals surface area contributed by atoms with Crippen LogP contribution in [0.2, 0.25) is 0 Å². The van der Waals surface area contributed by atoms with Gasteiger partial charge in [0.15, 0.2) is 5.06 Å². The van der Waals surface area contributed by atoms with Crippen LogP contribution in [0, 0.1) is 5.92 Å². The summed E-state index contributed by atoms with van der Waals surface area (Å²) in [5.41, 5.74) is 0. The smallest absolute Gasteiger partial charge is 0.173 e. The molecule has 4 heteroatoms. The zero-order valence-electron chi connectivity index (χ0n) is 10.2. The molecule has 0 aliphatic heterocycles. The lowest BCUT2D eigenvalue weighted by molar-refractivity contribution is 0.224. The number of aliphatic hydroxyl groups excluding tert-OH is 1. The topological polar surface area (TPSA) is 41.5 Å². The second-order valence-electron chi connectivity index (χ2n) is 4.31. The Balaban J connectivity index is 2.36. The van der Waals surface area contributed by atoms with E-state index in [2.05, 4.69) is 25.2 Å². The maximum absolute atomic E-state index is 9.22. The van der Waals surface area contributed by atoms with Crippen LogP contribution in [-0.2, 0) is 6.54 Å². The molecule has 1 rings (SSSR count). The Morgan fingerprint density at radius 3 is 2.69 bits per heavy atom. The first-order valence-electron chi connectivity index (χ1n) is 5.62. The zero-order chi connectivity index (χ0) is 12.0. The molecule has 92 valence electrons. The van der Waals surface area contributed by atoms with Crippen LogP contribution in [0.3, 0.4) is 0 Å². The summed E-state index contributed by atoms with van der Waals surface area (Å²) < 4.78 is 5.13. The molecule has 16 heavy (non-hydrogen) atoms. The molecule has 0 saturated heterocycles. The molecule has 1 aromatic heterocycles. The highest BCUT2D eigenvalue weighted by atomic mass is 32.1. The van der Waals surface area contributed by atoms with Gasteiger partial charge in [0.25, 0.3) is 0 Å². The van der Waals surface area contributed by atoms with E-state index in [1.807, 2.05) is 6.07 Å². The summed E-state index contributed by atoms with van der Waals surface area (Å²) >= 11 is 1.64. The first-order chi connectivity index (χ1) is 7.65. The molecule has 1 unspecified atom stereocenters. The summed E-state index contributed by atoms with van der Waals surface area (Å²) in [6, 6.07) is 4.21. The molecule has 1 atom stereocenters. The van der Waals surface area contributed by atoms with Crippen molar-refractivity contribution < 1.29 is 9.84 Å². The fourth-order valence-corrected chi connectivity index (χ4v) is 2.37. The second kappa shape index (κ2) is 6.89. The maximum Gasteiger partial charge on any atom is 0.173 e. The molecule has 1 aromatic rings. The SMILES string of the molecule is COc1ccc(CNC(CO)CC(C)C)s1. The molecule has 0 fully saturated rings. The number of hydrogen-bond acceptors (Lipinski definition) is 4. The van der Waals surface area contributed by atoms with E-state index in [-0.39, 0.29) is 12.6 Å². The van der Waals surface area contributed by atoms with Gasteiger partial charge in [-0.05, 0) is 24.5 Å². The number of nitrogens with one attached hydrogen (secondary N) is 1. The lowest BCUT2D eigenvalue weighted by atomic mass is 10.0. The molecular formula is C12H21NO2S. The van der Waals surface area contributed by atoms with Crippen LogP contribution in [0.5, 0.6) is 5.06 Å². The molecule has 1 heterocycles. The van der Waals surface area contributed by atoms with Gasteiger partial charge in [0.05, 0.1) is 13.7 Å². The van der Waals surface area contributed by atoms with Crippen molar-refractivity contribution in [1.29, 1.82) is 0 Å². The maximum atomic E-state index is 9.22. The Bertz CT molecular complexity index is 299. The third-order valence-electron chi connectivity index (χ3n) is 2.38. The Labute approximate surface area is 101 Å². The summed E-state index contributed by atoms with van der Waals surface area (Å²) in [5, 5.41) is 13.5. The summed E-state index contributed by atoms with van der Waals surface area (Å²) in [6.45, 7) is 5.32. The van der Waals surface area contributed by atoms with Crippen molar-refractivity contribution in [3.05, 3.63) is 17.0 Å². The van der Waals surface area contributed by atoms with Crippen LogP contribution in [0.1, 0.15) is 25.1 Å². The third kappa shape index (κ3) is 4.51. The molecule has 0 radical (unpaired) electrons. The predicted molar refractivity (Wildman–Crippen MR) is 68.0 cm³/mol. The molecule has 0 bridgehead atoms. The Morgan fingerprint density at radius 1 is 1.44 bits per heavy atom. The van der Waals surface area contributed by atoms with E-state index in [4.69, 9.17) is 4.74 Å². The van der Waals surface area contributed by atoms with Gasteiger partial charge >= 0.3 is 0 Å². The minimum absolute atomic E-state index is 0.188. The zero-order valence-corrected chi connectivity index (χ0v) is 11.0. The molecular weight excluding hydrogens is 222 g/mol. The highest BCUT2D eigenvalue weighted by Crippen LogP contribution is 2.23. The molecule has 2 N–H and O–H groups in total. The monoisotopic (exact) mass is 243 g/mol. The van der Waals surface area contributed by atoms with Gasteiger partial charge in [-0.25, -0.2) is 0 Å². The molecule has 0 amide bonds. The minimum atomic E-state index is 0.188. The Morgan fingerprint density at radius 2 is 2.19 bits per heavy atom. The number of thiophene rings is 1. The van der Waals surface area contributed by atoms with E-state index < -0.39 is 0 Å². The van der Waals surface area contributed by atoms with Crippen molar-refractivity contribution in [2.45, 2.75) is 32.9 Å². The van der Waals surface area contributed by atoms with Gasteiger partial charge in [0.2, 0.25) is 0 Å². The van der Waals surface area contributed by atoms with Crippen LogP contribution < -0.4 is 10.1 Å². The first kappa shape index (κ1) is 13.5. The van der Waals surface area contributed by atoms with E-state index in [1.165, 1.54) is 4.88 Å². The normalized spacial score (nSPS) is 13.1. The van der Waals surface area contributed by atoms with Crippen LogP contribution in [0.15, 0.2) is 12.1 Å². The molecule has 0 aliphatic rings. The Hall–Kier alpha value is -0.580. The van der Waals surface area contributed by atoms with Crippen molar-refractivity contribution in [2.75, 3.05) is 13.7 Å². The fraction of sp³-hybridized carbons (Fsp3) is 0.667. The van der Waals surface area contributed by atoms with Gasteiger partial charge in [-0.1, -0.05) is 13.8 Å². The summed E-state index contributed by atoms with van der Waals surface area (Å²) in [6.07, 6.45) is 0.999. The van der Waals surface area contributed by atoms with Crippen LogP contribution in [0.4, 0.5) is 0 Å². The highest BCUT2D eigenvalue weighted by molar-refractivity contribution is 7.13. The van der Waals surface area contributed by atoms with Gasteiger partial charge in [-0.15, -0.1) is 11.3 Å². The van der Waals surface area contributed by atoms with Crippen molar-refractivity contribution in [3.8, 4) is 5.06 Å². The summed E-state index contributed by atoms with van der Waals surface area (Å²) in [5.74, 6) is 0.600. The molecule has 0 saturated carbocycles. The van der Waals surface area contributed by atoms with E-state index in [1.54, 1.807) is 18.4 Å². The lowest BCUT2D eigenvalue weighted by Gasteiger charge is -2.17. The average molecular weight is 243 g/mol. The quantitative estimate of drug-likeness (QED) is 0.772. The standard InChI is InChI=1S/C12H21NO2S/c1-9(2)6-10(8-14)13-7-11-4-5-12(15-3)16-11/h4-5,9-10,13-14H,6-8H2,1-3H3. The minimum Gasteiger partial charge on any atom is -0.487 e. The van der Waals surface area contributed by atoms with Gasteiger partial charge in [-0.3, -0.25) is 0 Å². The largest absolute Gasteiger partial charge is 0.487 e. The van der Waals surface area contributed by atoms with Gasteiger partial charge in [0, 0.05) is 17.5 Å². The van der Waals surface area contributed by atoms with E-state index in [9.17, 15) is 5.11 Å². The van der Waals surface area contributed by atoms with E-state index >= 15 is 0 Å². The number of aliphatic hydroxyl groups is 1. The van der Waals surface area contributed by atoms with Crippen molar-refractivity contribution >= 4 is 11.3 Å². The molecule has 0 aromatic carbocycles. The number of rotatable bonds is 7. The molecule has 0 aliphatic carbocycles. The number of methoxy groups -OCH3 is 1. The van der Waals surface area contributed by atoms with Gasteiger partial charge in [-0.2, -0.15) is 0 Å². The summed E-state index contributed by atoms with van der Waals surface area (Å²) in [4.78, 5) is 1.24. The van der Waals surface area contributed by atoms with E-state index in [0.29, 0.717) is 5.92 Å². The average Bonchev–Trinajstić information content (AvgIpc) is 2.71.